The molecule has 20 heavy (non-hydrogen) atoms. The van der Waals surface area contributed by atoms with E-state index in [1.54, 1.807) is 7.11 Å². The van der Waals surface area contributed by atoms with Gasteiger partial charge < -0.3 is 4.74 Å². The molecule has 0 radical (unpaired) electrons. The molecule has 5 rings (SSSR count). The molecule has 0 spiro atoms. The predicted octanol–water partition coefficient (Wildman–Crippen LogP) is 4.50. The Morgan fingerprint density at radius 1 is 0.800 bits per heavy atom. The Kier molecular flexibility index (Phi) is 2.77. The summed E-state index contributed by atoms with van der Waals surface area (Å²) in [6, 6.07) is 14.8. The van der Waals surface area contributed by atoms with E-state index >= 15 is 0 Å². The van der Waals surface area contributed by atoms with Crippen LogP contribution < -0.4 is 4.74 Å². The van der Waals surface area contributed by atoms with E-state index in [0.29, 0.717) is 0 Å². The van der Waals surface area contributed by atoms with Gasteiger partial charge in [-0.05, 0) is 34.4 Å². The summed E-state index contributed by atoms with van der Waals surface area (Å²) < 4.78 is 5.36. The maximum atomic E-state index is 6.64. The minimum Gasteiger partial charge on any atom is -0.497 e. The molecule has 0 saturated heterocycles. The standard InChI is InChI=1S/C17H14Cl2O/c1-20-9-6-7-12-13(8-9)15-11-5-3-2-4-10(11)14(12)16(18)17(15)19/h2-8,14-17H,1H3/t14-,15-,16+,17+/m1/s1. The van der Waals surface area contributed by atoms with Gasteiger partial charge in [0.25, 0.3) is 0 Å². The van der Waals surface area contributed by atoms with Crippen molar-refractivity contribution in [2.75, 3.05) is 7.11 Å². The van der Waals surface area contributed by atoms with Crippen molar-refractivity contribution in [2.24, 2.45) is 0 Å². The zero-order valence-electron chi connectivity index (χ0n) is 11.0. The number of halogens is 2. The molecule has 2 aromatic carbocycles. The smallest absolute Gasteiger partial charge is 0.119 e. The third-order valence-electron chi connectivity index (χ3n) is 4.57. The first-order valence-corrected chi connectivity index (χ1v) is 7.64. The number of fused-ring (bicyclic) bond motifs is 1. The van der Waals surface area contributed by atoms with Crippen molar-refractivity contribution in [3.63, 3.8) is 0 Å². The molecule has 0 heterocycles. The Bertz CT molecular complexity index is 682. The molecule has 3 heteroatoms. The zero-order valence-corrected chi connectivity index (χ0v) is 12.5. The summed E-state index contributed by atoms with van der Waals surface area (Å²) in [7, 11) is 1.69. The Hall–Kier alpha value is -1.18. The van der Waals surface area contributed by atoms with Gasteiger partial charge in [0.1, 0.15) is 5.75 Å². The topological polar surface area (TPSA) is 9.23 Å². The van der Waals surface area contributed by atoms with Crippen molar-refractivity contribution in [3.8, 4) is 5.75 Å². The molecule has 3 aliphatic carbocycles. The average molecular weight is 305 g/mol. The van der Waals surface area contributed by atoms with E-state index in [0.717, 1.165) is 5.75 Å². The first-order chi connectivity index (χ1) is 9.72. The quantitative estimate of drug-likeness (QED) is 0.705. The van der Waals surface area contributed by atoms with E-state index in [2.05, 4.69) is 36.4 Å². The van der Waals surface area contributed by atoms with Crippen molar-refractivity contribution < 1.29 is 4.74 Å². The van der Waals surface area contributed by atoms with Gasteiger partial charge in [0.05, 0.1) is 17.9 Å². The van der Waals surface area contributed by atoms with Crippen LogP contribution in [0.15, 0.2) is 42.5 Å². The molecule has 4 atom stereocenters. The molecule has 102 valence electrons. The van der Waals surface area contributed by atoms with Gasteiger partial charge in [-0.1, -0.05) is 30.3 Å². The molecule has 0 amide bonds. The second kappa shape index (κ2) is 4.41. The van der Waals surface area contributed by atoms with Crippen molar-refractivity contribution in [1.29, 1.82) is 0 Å². The van der Waals surface area contributed by atoms with Gasteiger partial charge >= 0.3 is 0 Å². The average Bonchev–Trinajstić information content (AvgIpc) is 2.49. The molecule has 2 aromatic rings. The zero-order chi connectivity index (χ0) is 13.9. The van der Waals surface area contributed by atoms with Gasteiger partial charge in [0.2, 0.25) is 0 Å². The molecule has 3 aliphatic rings. The lowest BCUT2D eigenvalue weighted by molar-refractivity contribution is 0.412. The van der Waals surface area contributed by atoms with E-state index in [1.165, 1.54) is 22.3 Å². The maximum absolute atomic E-state index is 6.64. The first kappa shape index (κ1) is 12.6. The van der Waals surface area contributed by atoms with Gasteiger partial charge in [-0.15, -0.1) is 23.2 Å². The van der Waals surface area contributed by atoms with Crippen LogP contribution in [0.25, 0.3) is 0 Å². The second-order valence-corrected chi connectivity index (χ2v) is 6.48. The van der Waals surface area contributed by atoms with Gasteiger partial charge in [0, 0.05) is 11.8 Å². The number of alkyl halides is 2. The molecule has 0 fully saturated rings. The summed E-state index contributed by atoms with van der Waals surface area (Å²) >= 11 is 13.3. The summed E-state index contributed by atoms with van der Waals surface area (Å²) in [4.78, 5) is 0. The van der Waals surface area contributed by atoms with Crippen LogP contribution in [0.4, 0.5) is 0 Å². The lowest BCUT2D eigenvalue weighted by Crippen LogP contribution is -2.41. The SMILES string of the molecule is COc1ccc2c(c1)[C@H]1c3ccccc3[C@H]2[C@H](Cl)[C@H]1Cl. The number of rotatable bonds is 1. The van der Waals surface area contributed by atoms with E-state index in [9.17, 15) is 0 Å². The molecule has 0 saturated carbocycles. The molecule has 2 bridgehead atoms. The van der Waals surface area contributed by atoms with Crippen LogP contribution in [0.2, 0.25) is 0 Å². The minimum atomic E-state index is -0.0730. The van der Waals surface area contributed by atoms with Gasteiger partial charge in [-0.25, -0.2) is 0 Å². The highest BCUT2D eigenvalue weighted by Gasteiger charge is 2.48. The van der Waals surface area contributed by atoms with Crippen LogP contribution in [0.1, 0.15) is 34.1 Å². The Morgan fingerprint density at radius 3 is 1.95 bits per heavy atom. The molecule has 1 nitrogen and oxygen atoms in total. The van der Waals surface area contributed by atoms with Crippen molar-refractivity contribution >= 4 is 23.2 Å². The highest BCUT2D eigenvalue weighted by atomic mass is 35.5. The highest BCUT2D eigenvalue weighted by Crippen LogP contribution is 2.56. The summed E-state index contributed by atoms with van der Waals surface area (Å²) in [6.07, 6.45) is 0. The molecule has 0 N–H and O–H groups in total. The van der Waals surface area contributed by atoms with Gasteiger partial charge in [0.15, 0.2) is 0 Å². The van der Waals surface area contributed by atoms with Gasteiger partial charge in [-0.2, -0.15) is 0 Å². The Morgan fingerprint density at radius 2 is 1.35 bits per heavy atom. The number of ether oxygens (including phenoxy) is 1. The Balaban J connectivity index is 2.00. The summed E-state index contributed by atoms with van der Waals surface area (Å²) in [5.41, 5.74) is 5.21. The number of hydrogen-bond acceptors (Lipinski definition) is 1. The van der Waals surface area contributed by atoms with Crippen LogP contribution in [-0.2, 0) is 0 Å². The van der Waals surface area contributed by atoms with Crippen LogP contribution in [0.3, 0.4) is 0 Å². The van der Waals surface area contributed by atoms with Crippen LogP contribution in [-0.4, -0.2) is 17.9 Å². The third kappa shape index (κ3) is 1.51. The summed E-state index contributed by atoms with van der Waals surface area (Å²) in [5, 5.41) is -0.131. The normalized spacial score (nSPS) is 29.8. The van der Waals surface area contributed by atoms with Crippen LogP contribution >= 0.6 is 23.2 Å². The summed E-state index contributed by atoms with van der Waals surface area (Å²) in [5.74, 6) is 1.22. The largest absolute Gasteiger partial charge is 0.497 e. The minimum absolute atomic E-state index is 0.0579. The molecule has 0 aromatic heterocycles. The van der Waals surface area contributed by atoms with Crippen molar-refractivity contribution in [3.05, 3.63) is 64.7 Å². The van der Waals surface area contributed by atoms with Crippen molar-refractivity contribution in [1.82, 2.24) is 0 Å². The van der Waals surface area contributed by atoms with Crippen LogP contribution in [0.5, 0.6) is 5.75 Å². The van der Waals surface area contributed by atoms with E-state index in [-0.39, 0.29) is 22.6 Å². The third-order valence-corrected chi connectivity index (χ3v) is 5.75. The predicted molar refractivity (Wildman–Crippen MR) is 82.4 cm³/mol. The van der Waals surface area contributed by atoms with E-state index < -0.39 is 0 Å². The number of hydrogen-bond donors (Lipinski definition) is 0. The van der Waals surface area contributed by atoms with E-state index in [4.69, 9.17) is 27.9 Å². The van der Waals surface area contributed by atoms with Crippen LogP contribution in [0, 0.1) is 0 Å². The number of benzene rings is 2. The monoisotopic (exact) mass is 304 g/mol. The molecular weight excluding hydrogens is 291 g/mol. The lowest BCUT2D eigenvalue weighted by Gasteiger charge is -2.46. The van der Waals surface area contributed by atoms with E-state index in [1.807, 2.05) is 6.07 Å². The number of methoxy groups -OCH3 is 1. The first-order valence-electron chi connectivity index (χ1n) is 6.77. The fourth-order valence-electron chi connectivity index (χ4n) is 3.70. The maximum Gasteiger partial charge on any atom is 0.119 e. The second-order valence-electron chi connectivity index (χ2n) is 5.47. The highest BCUT2D eigenvalue weighted by molar-refractivity contribution is 6.31. The molecule has 0 unspecified atom stereocenters. The Labute approximate surface area is 128 Å². The lowest BCUT2D eigenvalue weighted by atomic mass is 9.63. The van der Waals surface area contributed by atoms with Gasteiger partial charge in [-0.3, -0.25) is 0 Å². The summed E-state index contributed by atoms with van der Waals surface area (Å²) in [6.45, 7) is 0. The fraction of sp³-hybridized carbons (Fsp3) is 0.294. The molecule has 0 aliphatic heterocycles. The molecular formula is C17H14Cl2O. The van der Waals surface area contributed by atoms with Crippen molar-refractivity contribution in [2.45, 2.75) is 22.6 Å². The fourth-order valence-corrected chi connectivity index (χ4v) is 4.53.